The SMILES string of the molecule is O=C(O)CNCCCN1CCCC1. The van der Waals surface area contributed by atoms with Crippen molar-refractivity contribution in [3.05, 3.63) is 0 Å². The molecule has 0 radical (unpaired) electrons. The van der Waals surface area contributed by atoms with Gasteiger partial charge in [0.1, 0.15) is 0 Å². The maximum absolute atomic E-state index is 10.1. The van der Waals surface area contributed by atoms with Crippen molar-refractivity contribution in [1.82, 2.24) is 10.2 Å². The van der Waals surface area contributed by atoms with Crippen LogP contribution >= 0.6 is 0 Å². The number of nitrogens with zero attached hydrogens (tertiary/aromatic N) is 1. The highest BCUT2D eigenvalue weighted by Crippen LogP contribution is 2.06. The monoisotopic (exact) mass is 186 g/mol. The average molecular weight is 186 g/mol. The van der Waals surface area contributed by atoms with Crippen LogP contribution in [0.25, 0.3) is 0 Å². The summed E-state index contributed by atoms with van der Waals surface area (Å²) in [6.45, 7) is 4.44. The maximum atomic E-state index is 10.1. The second-order valence-electron chi connectivity index (χ2n) is 3.47. The molecule has 1 aliphatic heterocycles. The van der Waals surface area contributed by atoms with Crippen LogP contribution in [-0.4, -0.2) is 48.7 Å². The van der Waals surface area contributed by atoms with E-state index in [0.717, 1.165) is 19.5 Å². The molecule has 0 spiro atoms. The molecule has 1 heterocycles. The van der Waals surface area contributed by atoms with Crippen LogP contribution in [-0.2, 0) is 4.79 Å². The number of nitrogens with one attached hydrogen (secondary N) is 1. The molecule has 0 bridgehead atoms. The Hall–Kier alpha value is -0.610. The zero-order valence-electron chi connectivity index (χ0n) is 7.96. The molecule has 4 nitrogen and oxygen atoms in total. The van der Waals surface area contributed by atoms with Crippen molar-refractivity contribution in [3.63, 3.8) is 0 Å². The Morgan fingerprint density at radius 3 is 2.69 bits per heavy atom. The normalized spacial score (nSPS) is 17.8. The van der Waals surface area contributed by atoms with E-state index in [9.17, 15) is 4.79 Å². The molecule has 2 N–H and O–H groups in total. The highest BCUT2D eigenvalue weighted by Gasteiger charge is 2.09. The average Bonchev–Trinajstić information content (AvgIpc) is 2.55. The molecular formula is C9H18N2O2. The van der Waals surface area contributed by atoms with E-state index < -0.39 is 5.97 Å². The van der Waals surface area contributed by atoms with E-state index in [-0.39, 0.29) is 6.54 Å². The Morgan fingerprint density at radius 2 is 2.08 bits per heavy atom. The molecule has 0 atom stereocenters. The van der Waals surface area contributed by atoms with E-state index >= 15 is 0 Å². The third-order valence-corrected chi connectivity index (χ3v) is 2.30. The summed E-state index contributed by atoms with van der Waals surface area (Å²) in [5.74, 6) is -0.777. The highest BCUT2D eigenvalue weighted by molar-refractivity contribution is 5.68. The molecule has 0 amide bonds. The molecule has 1 rings (SSSR count). The van der Waals surface area contributed by atoms with Gasteiger partial charge >= 0.3 is 5.97 Å². The van der Waals surface area contributed by atoms with E-state index in [4.69, 9.17) is 5.11 Å². The molecule has 76 valence electrons. The van der Waals surface area contributed by atoms with Crippen molar-refractivity contribution < 1.29 is 9.90 Å². The van der Waals surface area contributed by atoms with E-state index in [1.165, 1.54) is 25.9 Å². The van der Waals surface area contributed by atoms with Gasteiger partial charge in [0.2, 0.25) is 0 Å². The van der Waals surface area contributed by atoms with Crippen LogP contribution in [0.5, 0.6) is 0 Å². The molecule has 0 aromatic rings. The summed E-state index contributed by atoms with van der Waals surface area (Å²) in [4.78, 5) is 12.6. The Labute approximate surface area is 78.9 Å². The molecule has 1 fully saturated rings. The van der Waals surface area contributed by atoms with Gasteiger partial charge < -0.3 is 15.3 Å². The lowest BCUT2D eigenvalue weighted by atomic mass is 10.4. The van der Waals surface area contributed by atoms with Crippen LogP contribution in [0.15, 0.2) is 0 Å². The quantitative estimate of drug-likeness (QED) is 0.580. The lowest BCUT2D eigenvalue weighted by molar-refractivity contribution is -0.135. The van der Waals surface area contributed by atoms with Gasteiger partial charge in [-0.1, -0.05) is 0 Å². The number of rotatable bonds is 6. The second kappa shape index (κ2) is 5.94. The fourth-order valence-electron chi connectivity index (χ4n) is 1.63. The van der Waals surface area contributed by atoms with Crippen LogP contribution in [0, 0.1) is 0 Å². The van der Waals surface area contributed by atoms with Crippen LogP contribution in [0.4, 0.5) is 0 Å². The van der Waals surface area contributed by atoms with Crippen molar-refractivity contribution in [2.45, 2.75) is 19.3 Å². The van der Waals surface area contributed by atoms with E-state index in [2.05, 4.69) is 10.2 Å². The fraction of sp³-hybridized carbons (Fsp3) is 0.889. The fourth-order valence-corrected chi connectivity index (χ4v) is 1.63. The van der Waals surface area contributed by atoms with Crippen molar-refractivity contribution in [1.29, 1.82) is 0 Å². The predicted octanol–water partition coefficient (Wildman–Crippen LogP) is 0.146. The summed E-state index contributed by atoms with van der Waals surface area (Å²) in [6.07, 6.45) is 3.69. The van der Waals surface area contributed by atoms with Crippen molar-refractivity contribution in [3.8, 4) is 0 Å². The molecule has 0 aromatic carbocycles. The topological polar surface area (TPSA) is 52.6 Å². The van der Waals surface area contributed by atoms with Crippen LogP contribution in [0.2, 0.25) is 0 Å². The van der Waals surface area contributed by atoms with E-state index in [1.807, 2.05) is 0 Å². The third kappa shape index (κ3) is 4.85. The number of carboxylic acid groups (broad SMARTS) is 1. The summed E-state index contributed by atoms with van der Waals surface area (Å²) in [5.41, 5.74) is 0. The number of carbonyl (C=O) groups is 1. The Bertz CT molecular complexity index is 156. The van der Waals surface area contributed by atoms with Gasteiger partial charge in [0.15, 0.2) is 0 Å². The second-order valence-corrected chi connectivity index (χ2v) is 3.47. The number of carboxylic acids is 1. The molecule has 0 aliphatic carbocycles. The molecule has 4 heteroatoms. The molecule has 1 aliphatic rings. The van der Waals surface area contributed by atoms with E-state index in [1.54, 1.807) is 0 Å². The summed E-state index contributed by atoms with van der Waals surface area (Å²) >= 11 is 0. The Kier molecular flexibility index (Phi) is 4.78. The summed E-state index contributed by atoms with van der Waals surface area (Å²) in [7, 11) is 0. The van der Waals surface area contributed by atoms with Gasteiger partial charge in [-0.25, -0.2) is 0 Å². The predicted molar refractivity (Wildman–Crippen MR) is 50.8 cm³/mol. The summed E-state index contributed by atoms with van der Waals surface area (Å²) < 4.78 is 0. The molecule has 0 unspecified atom stereocenters. The number of aliphatic carboxylic acids is 1. The third-order valence-electron chi connectivity index (χ3n) is 2.30. The smallest absolute Gasteiger partial charge is 0.317 e. The first-order valence-electron chi connectivity index (χ1n) is 4.94. The van der Waals surface area contributed by atoms with Gasteiger partial charge in [-0.05, 0) is 45.4 Å². The van der Waals surface area contributed by atoms with Crippen LogP contribution in [0.3, 0.4) is 0 Å². The van der Waals surface area contributed by atoms with Gasteiger partial charge in [0.05, 0.1) is 6.54 Å². The van der Waals surface area contributed by atoms with Crippen LogP contribution in [0.1, 0.15) is 19.3 Å². The minimum absolute atomic E-state index is 0.0833. The number of likely N-dealkylation sites (tertiary alicyclic amines) is 1. The minimum Gasteiger partial charge on any atom is -0.480 e. The summed E-state index contributed by atoms with van der Waals surface area (Å²) in [5, 5.41) is 11.2. The molecule has 0 aromatic heterocycles. The van der Waals surface area contributed by atoms with Crippen molar-refractivity contribution >= 4 is 5.97 Å². The molecule has 0 saturated carbocycles. The van der Waals surface area contributed by atoms with E-state index in [0.29, 0.717) is 0 Å². The zero-order valence-corrected chi connectivity index (χ0v) is 7.96. The molecule has 13 heavy (non-hydrogen) atoms. The van der Waals surface area contributed by atoms with Gasteiger partial charge in [-0.2, -0.15) is 0 Å². The standard InChI is InChI=1S/C9H18N2O2/c12-9(13)8-10-4-3-7-11-5-1-2-6-11/h10H,1-8H2,(H,12,13). The number of hydrogen-bond donors (Lipinski definition) is 2. The minimum atomic E-state index is -0.777. The maximum Gasteiger partial charge on any atom is 0.317 e. The first-order valence-corrected chi connectivity index (χ1v) is 4.94. The van der Waals surface area contributed by atoms with Gasteiger partial charge in [0.25, 0.3) is 0 Å². The van der Waals surface area contributed by atoms with Gasteiger partial charge in [0, 0.05) is 0 Å². The molecular weight excluding hydrogens is 168 g/mol. The Morgan fingerprint density at radius 1 is 1.38 bits per heavy atom. The first-order chi connectivity index (χ1) is 6.29. The lowest BCUT2D eigenvalue weighted by Crippen LogP contribution is -2.27. The number of hydrogen-bond acceptors (Lipinski definition) is 3. The van der Waals surface area contributed by atoms with Gasteiger partial charge in [-0.3, -0.25) is 4.79 Å². The van der Waals surface area contributed by atoms with Gasteiger partial charge in [-0.15, -0.1) is 0 Å². The van der Waals surface area contributed by atoms with Crippen molar-refractivity contribution in [2.75, 3.05) is 32.7 Å². The Balaban J connectivity index is 1.86. The van der Waals surface area contributed by atoms with Crippen molar-refractivity contribution in [2.24, 2.45) is 0 Å². The first kappa shape index (κ1) is 10.5. The zero-order chi connectivity index (χ0) is 9.52. The highest BCUT2D eigenvalue weighted by atomic mass is 16.4. The summed E-state index contributed by atoms with van der Waals surface area (Å²) in [6, 6.07) is 0. The largest absolute Gasteiger partial charge is 0.480 e. The lowest BCUT2D eigenvalue weighted by Gasteiger charge is -2.13. The van der Waals surface area contributed by atoms with Crippen LogP contribution < -0.4 is 5.32 Å². The molecule has 1 saturated heterocycles.